The third-order valence-electron chi connectivity index (χ3n) is 2.38. The Kier molecular flexibility index (Phi) is 3.93. The van der Waals surface area contributed by atoms with E-state index < -0.39 is 0 Å². The number of nitrogens with one attached hydrogen (secondary N) is 2. The van der Waals surface area contributed by atoms with Crippen molar-refractivity contribution in [3.63, 3.8) is 0 Å². The first-order chi connectivity index (χ1) is 8.60. The fraction of sp³-hybridized carbons (Fsp3) is 0.364. The Morgan fingerprint density at radius 2 is 2.11 bits per heavy atom. The summed E-state index contributed by atoms with van der Waals surface area (Å²) < 4.78 is 0. The van der Waals surface area contributed by atoms with E-state index in [1.165, 1.54) is 11.3 Å². The van der Waals surface area contributed by atoms with Gasteiger partial charge in [0.1, 0.15) is 5.69 Å². The number of hydrogen-bond acceptors (Lipinski definition) is 6. The lowest BCUT2D eigenvalue weighted by Crippen LogP contribution is -2.27. The molecule has 2 aromatic rings. The Hall–Kier alpha value is -1.47. The number of carbonyl (C=O) groups excluding carboxylic acids is 1. The standard InChI is InChI=1S/C11H14N4OS2/c1-6(8-4-17-7(2)14-8)13-10(16)9-5-18-11(12-3)15-9/h4-6H,1-3H3,(H,12,15)(H,13,16). The summed E-state index contributed by atoms with van der Waals surface area (Å²) in [6.07, 6.45) is 0. The number of nitrogens with zero attached hydrogens (tertiary/aromatic N) is 2. The van der Waals surface area contributed by atoms with Crippen molar-refractivity contribution in [1.82, 2.24) is 15.3 Å². The minimum absolute atomic E-state index is 0.109. The summed E-state index contributed by atoms with van der Waals surface area (Å²) in [5, 5.41) is 11.2. The highest BCUT2D eigenvalue weighted by atomic mass is 32.1. The van der Waals surface area contributed by atoms with Crippen molar-refractivity contribution in [3.05, 3.63) is 27.2 Å². The maximum atomic E-state index is 11.9. The largest absolute Gasteiger partial charge is 0.365 e. The minimum atomic E-state index is -0.175. The van der Waals surface area contributed by atoms with Crippen molar-refractivity contribution in [1.29, 1.82) is 0 Å². The van der Waals surface area contributed by atoms with Crippen molar-refractivity contribution in [3.8, 4) is 0 Å². The number of aryl methyl sites for hydroxylation is 1. The van der Waals surface area contributed by atoms with Crippen LogP contribution in [-0.4, -0.2) is 22.9 Å². The van der Waals surface area contributed by atoms with Crippen molar-refractivity contribution in [2.75, 3.05) is 12.4 Å². The Bertz CT molecular complexity index is 549. The number of carbonyl (C=O) groups is 1. The van der Waals surface area contributed by atoms with E-state index in [-0.39, 0.29) is 11.9 Å². The third kappa shape index (κ3) is 2.85. The molecule has 2 rings (SSSR count). The van der Waals surface area contributed by atoms with Gasteiger partial charge in [-0.2, -0.15) is 0 Å². The van der Waals surface area contributed by atoms with Crippen LogP contribution in [0.1, 0.15) is 34.2 Å². The monoisotopic (exact) mass is 282 g/mol. The maximum absolute atomic E-state index is 11.9. The van der Waals surface area contributed by atoms with E-state index in [4.69, 9.17) is 0 Å². The van der Waals surface area contributed by atoms with Crippen LogP contribution in [0.25, 0.3) is 0 Å². The molecule has 0 fully saturated rings. The van der Waals surface area contributed by atoms with Crippen LogP contribution in [0.3, 0.4) is 0 Å². The van der Waals surface area contributed by atoms with Gasteiger partial charge in [0.2, 0.25) is 0 Å². The summed E-state index contributed by atoms with van der Waals surface area (Å²) in [4.78, 5) is 20.5. The zero-order chi connectivity index (χ0) is 13.1. The molecule has 0 spiro atoms. The molecule has 7 heteroatoms. The average Bonchev–Trinajstić information content (AvgIpc) is 2.97. The van der Waals surface area contributed by atoms with Gasteiger partial charge >= 0.3 is 0 Å². The lowest BCUT2D eigenvalue weighted by atomic mass is 10.2. The molecule has 1 atom stereocenters. The molecule has 2 heterocycles. The van der Waals surface area contributed by atoms with Crippen LogP contribution < -0.4 is 10.6 Å². The van der Waals surface area contributed by atoms with Crippen LogP contribution in [-0.2, 0) is 0 Å². The predicted molar refractivity (Wildman–Crippen MR) is 74.4 cm³/mol. The van der Waals surface area contributed by atoms with Gasteiger partial charge in [-0.25, -0.2) is 9.97 Å². The van der Waals surface area contributed by atoms with Gasteiger partial charge in [0.25, 0.3) is 5.91 Å². The van der Waals surface area contributed by atoms with Gasteiger partial charge in [0.05, 0.1) is 16.7 Å². The highest BCUT2D eigenvalue weighted by Gasteiger charge is 2.15. The summed E-state index contributed by atoms with van der Waals surface area (Å²) in [5.41, 5.74) is 1.32. The van der Waals surface area contributed by atoms with Crippen molar-refractivity contribution < 1.29 is 4.79 Å². The Morgan fingerprint density at radius 1 is 1.33 bits per heavy atom. The second-order valence-corrected chi connectivity index (χ2v) is 5.69. The molecular weight excluding hydrogens is 268 g/mol. The van der Waals surface area contributed by atoms with Crippen molar-refractivity contribution in [2.24, 2.45) is 0 Å². The first kappa shape index (κ1) is 13.0. The topological polar surface area (TPSA) is 66.9 Å². The minimum Gasteiger partial charge on any atom is -0.365 e. The molecule has 5 nitrogen and oxygen atoms in total. The fourth-order valence-corrected chi connectivity index (χ4v) is 2.77. The van der Waals surface area contributed by atoms with Crippen LogP contribution in [0.5, 0.6) is 0 Å². The molecule has 0 aromatic carbocycles. The molecule has 0 radical (unpaired) electrons. The van der Waals surface area contributed by atoms with E-state index >= 15 is 0 Å². The zero-order valence-corrected chi connectivity index (χ0v) is 12.0. The Morgan fingerprint density at radius 3 is 2.67 bits per heavy atom. The van der Waals surface area contributed by atoms with Gasteiger partial charge in [-0.15, -0.1) is 22.7 Å². The molecule has 0 aliphatic heterocycles. The summed E-state index contributed by atoms with van der Waals surface area (Å²) in [6.45, 7) is 3.86. The molecule has 2 aromatic heterocycles. The first-order valence-corrected chi connectivity index (χ1v) is 7.22. The van der Waals surface area contributed by atoms with Crippen molar-refractivity contribution >= 4 is 33.7 Å². The highest BCUT2D eigenvalue weighted by Crippen LogP contribution is 2.18. The van der Waals surface area contributed by atoms with Crippen LogP contribution in [0.15, 0.2) is 10.8 Å². The van der Waals surface area contributed by atoms with Gasteiger partial charge in [-0.05, 0) is 13.8 Å². The number of aromatic nitrogens is 2. The number of anilines is 1. The van der Waals surface area contributed by atoms with Crippen LogP contribution in [0, 0.1) is 6.92 Å². The number of hydrogen-bond donors (Lipinski definition) is 2. The Balaban J connectivity index is 2.02. The predicted octanol–water partition coefficient (Wildman–Crippen LogP) is 2.44. The van der Waals surface area contributed by atoms with E-state index in [0.717, 1.165) is 15.8 Å². The van der Waals surface area contributed by atoms with Crippen LogP contribution in [0.2, 0.25) is 0 Å². The molecule has 0 aliphatic carbocycles. The molecule has 0 aliphatic rings. The second kappa shape index (κ2) is 5.45. The Labute approximate surface area is 113 Å². The maximum Gasteiger partial charge on any atom is 0.271 e. The fourth-order valence-electron chi connectivity index (χ4n) is 1.42. The molecule has 1 unspecified atom stereocenters. The average molecular weight is 282 g/mol. The number of thiazole rings is 2. The highest BCUT2D eigenvalue weighted by molar-refractivity contribution is 7.13. The van der Waals surface area contributed by atoms with Gasteiger partial charge in [0.15, 0.2) is 5.13 Å². The SMILES string of the molecule is CNc1nc(C(=O)NC(C)c2csc(C)n2)cs1. The molecule has 2 N–H and O–H groups in total. The summed E-state index contributed by atoms with van der Waals surface area (Å²) in [7, 11) is 1.78. The van der Waals surface area contributed by atoms with Gasteiger partial charge in [-0.1, -0.05) is 0 Å². The normalized spacial score (nSPS) is 12.2. The van der Waals surface area contributed by atoms with Crippen LogP contribution >= 0.6 is 22.7 Å². The van der Waals surface area contributed by atoms with E-state index in [0.29, 0.717) is 5.69 Å². The smallest absolute Gasteiger partial charge is 0.271 e. The van der Waals surface area contributed by atoms with E-state index in [1.807, 2.05) is 19.2 Å². The van der Waals surface area contributed by atoms with Gasteiger partial charge < -0.3 is 10.6 Å². The van der Waals surface area contributed by atoms with Crippen molar-refractivity contribution in [2.45, 2.75) is 19.9 Å². The lowest BCUT2D eigenvalue weighted by molar-refractivity contribution is 0.0935. The van der Waals surface area contributed by atoms with E-state index in [1.54, 1.807) is 23.8 Å². The zero-order valence-electron chi connectivity index (χ0n) is 10.4. The number of rotatable bonds is 4. The quantitative estimate of drug-likeness (QED) is 0.904. The molecule has 0 bridgehead atoms. The molecule has 96 valence electrons. The molecule has 1 amide bonds. The molecular formula is C11H14N4OS2. The van der Waals surface area contributed by atoms with Gasteiger partial charge in [0, 0.05) is 17.8 Å². The van der Waals surface area contributed by atoms with E-state index in [2.05, 4.69) is 20.6 Å². The molecule has 0 saturated heterocycles. The van der Waals surface area contributed by atoms with E-state index in [9.17, 15) is 4.79 Å². The lowest BCUT2D eigenvalue weighted by Gasteiger charge is -2.09. The second-order valence-electron chi connectivity index (χ2n) is 3.77. The summed E-state index contributed by atoms with van der Waals surface area (Å²) in [6, 6.07) is -0.109. The first-order valence-electron chi connectivity index (χ1n) is 5.46. The van der Waals surface area contributed by atoms with Gasteiger partial charge in [-0.3, -0.25) is 4.79 Å². The molecule has 0 saturated carbocycles. The number of amides is 1. The summed E-state index contributed by atoms with van der Waals surface area (Å²) in [5.74, 6) is -0.175. The van der Waals surface area contributed by atoms with Crippen LogP contribution in [0.4, 0.5) is 5.13 Å². The molecule has 18 heavy (non-hydrogen) atoms. The third-order valence-corrected chi connectivity index (χ3v) is 4.03. The summed E-state index contributed by atoms with van der Waals surface area (Å²) >= 11 is 2.99.